The molecule has 11 heteroatoms. The topological polar surface area (TPSA) is 136 Å². The van der Waals surface area contributed by atoms with Crippen LogP contribution in [0.25, 0.3) is 28.0 Å². The number of sulfone groups is 1. The van der Waals surface area contributed by atoms with E-state index < -0.39 is 9.84 Å². The fourth-order valence-corrected chi connectivity index (χ4v) is 8.11. The van der Waals surface area contributed by atoms with Crippen molar-refractivity contribution in [1.82, 2.24) is 29.8 Å². The van der Waals surface area contributed by atoms with Crippen LogP contribution in [0.4, 0.5) is 5.82 Å². The largest absolute Gasteiger partial charge is 0.382 e. The summed E-state index contributed by atoms with van der Waals surface area (Å²) in [6, 6.07) is 13.9. The number of hydrogen-bond donors (Lipinski definition) is 2. The van der Waals surface area contributed by atoms with Crippen molar-refractivity contribution in [3.05, 3.63) is 60.6 Å². The zero-order chi connectivity index (χ0) is 28.3. The zero-order valence-corrected chi connectivity index (χ0v) is 23.7. The van der Waals surface area contributed by atoms with Gasteiger partial charge in [-0.25, -0.2) is 13.4 Å². The number of benzene rings is 1. The van der Waals surface area contributed by atoms with E-state index in [0.29, 0.717) is 24.2 Å². The first kappa shape index (κ1) is 26.1. The molecule has 3 aliphatic heterocycles. The fourth-order valence-electron chi connectivity index (χ4n) is 7.05. The van der Waals surface area contributed by atoms with Crippen LogP contribution < -0.4 is 11.1 Å². The first-order valence-corrected chi connectivity index (χ1v) is 16.1. The number of amides is 1. The van der Waals surface area contributed by atoms with Gasteiger partial charge in [-0.3, -0.25) is 9.78 Å². The Labute approximate surface area is 238 Å². The molecule has 0 spiro atoms. The highest BCUT2D eigenvalue weighted by Crippen LogP contribution is 2.45. The van der Waals surface area contributed by atoms with Gasteiger partial charge in [0.15, 0.2) is 15.5 Å². The lowest BCUT2D eigenvalue weighted by molar-refractivity contribution is -0.137. The molecule has 3 saturated heterocycles. The summed E-state index contributed by atoms with van der Waals surface area (Å²) >= 11 is 0. The molecule has 10 nitrogen and oxygen atoms in total. The minimum atomic E-state index is -3.71. The maximum absolute atomic E-state index is 13.4. The fraction of sp³-hybridized carbons (Fsp3) is 0.400. The lowest BCUT2D eigenvalue weighted by Gasteiger charge is -2.40. The summed E-state index contributed by atoms with van der Waals surface area (Å²) in [6.45, 7) is 0.876. The Morgan fingerprint density at radius 2 is 1.76 bits per heavy atom. The number of pyridine rings is 1. The van der Waals surface area contributed by atoms with Crippen LogP contribution in [0.5, 0.6) is 0 Å². The van der Waals surface area contributed by atoms with E-state index in [9.17, 15) is 13.2 Å². The Balaban J connectivity index is 1.27. The number of anilines is 1. The highest BCUT2D eigenvalue weighted by atomic mass is 32.2. The van der Waals surface area contributed by atoms with E-state index in [0.717, 1.165) is 54.6 Å². The number of nitrogens with two attached hydrogens (primary N) is 1. The third-order valence-electron chi connectivity index (χ3n) is 8.91. The molecule has 6 heterocycles. The Morgan fingerprint density at radius 1 is 1.00 bits per heavy atom. The van der Waals surface area contributed by atoms with Gasteiger partial charge in [0.05, 0.1) is 23.6 Å². The van der Waals surface area contributed by atoms with Crippen LogP contribution in [0.15, 0.2) is 59.8 Å². The Morgan fingerprint density at radius 3 is 2.39 bits per heavy atom. The Hall–Kier alpha value is -3.83. The smallest absolute Gasteiger partial charge is 0.240 e. The van der Waals surface area contributed by atoms with Crippen LogP contribution in [0, 0.1) is 0 Å². The average molecular weight is 572 g/mol. The maximum Gasteiger partial charge on any atom is 0.240 e. The Bertz CT molecular complexity index is 1720. The minimum absolute atomic E-state index is 0.0406. The molecule has 1 amide bonds. The highest BCUT2D eigenvalue weighted by molar-refractivity contribution is 7.91. The van der Waals surface area contributed by atoms with Crippen molar-refractivity contribution in [1.29, 1.82) is 0 Å². The van der Waals surface area contributed by atoms with Crippen LogP contribution in [0.3, 0.4) is 0 Å². The molecule has 1 aromatic carbocycles. The van der Waals surface area contributed by atoms with Crippen LogP contribution in [0.1, 0.15) is 50.1 Å². The highest BCUT2D eigenvalue weighted by Gasteiger charge is 2.47. The van der Waals surface area contributed by atoms with Crippen LogP contribution >= 0.6 is 0 Å². The van der Waals surface area contributed by atoms with Crippen LogP contribution in [0.2, 0.25) is 0 Å². The van der Waals surface area contributed by atoms with Crippen LogP contribution in [-0.2, 0) is 14.6 Å². The summed E-state index contributed by atoms with van der Waals surface area (Å²) in [5.41, 5.74) is 10.9. The van der Waals surface area contributed by atoms with Crippen LogP contribution in [-0.4, -0.2) is 69.7 Å². The molecule has 7 rings (SSSR count). The first-order valence-electron chi connectivity index (χ1n) is 14.2. The number of hydrogen-bond acceptors (Lipinski definition) is 8. The van der Waals surface area contributed by atoms with Gasteiger partial charge in [0.2, 0.25) is 5.91 Å². The van der Waals surface area contributed by atoms with Gasteiger partial charge in [0.25, 0.3) is 0 Å². The molecule has 4 aromatic rings. The zero-order valence-electron chi connectivity index (χ0n) is 22.9. The summed E-state index contributed by atoms with van der Waals surface area (Å²) < 4.78 is 27.6. The number of piperidine rings is 1. The van der Waals surface area contributed by atoms with Crippen molar-refractivity contribution in [2.45, 2.75) is 67.5 Å². The molecule has 0 aliphatic carbocycles. The second kappa shape index (κ2) is 9.92. The first-order chi connectivity index (χ1) is 19.8. The number of carbonyl (C=O) groups excluding carboxylic acids is 1. The average Bonchev–Trinajstić information content (AvgIpc) is 3.71. The molecular weight excluding hydrogens is 538 g/mol. The molecule has 3 fully saturated rings. The van der Waals surface area contributed by atoms with E-state index >= 15 is 0 Å². The van der Waals surface area contributed by atoms with E-state index in [1.807, 2.05) is 42.5 Å². The second-order valence-electron chi connectivity index (χ2n) is 11.5. The number of nitrogens with zero attached hydrogens (tertiary/aromatic N) is 5. The number of rotatable bonds is 5. The quantitative estimate of drug-likeness (QED) is 0.372. The predicted octanol–water partition coefficient (Wildman–Crippen LogP) is 3.43. The molecular formula is C30H33N7O3S. The van der Waals surface area contributed by atoms with Gasteiger partial charge in [-0.2, -0.15) is 9.61 Å². The van der Waals surface area contributed by atoms with Gasteiger partial charge in [-0.15, -0.1) is 0 Å². The molecule has 3 aliphatic rings. The van der Waals surface area contributed by atoms with E-state index in [1.165, 1.54) is 10.8 Å². The van der Waals surface area contributed by atoms with E-state index in [2.05, 4.69) is 20.3 Å². The number of nitrogen functional groups attached to an aromatic ring is 1. The lowest BCUT2D eigenvalue weighted by atomic mass is 9.87. The number of aromatic nitrogens is 4. The van der Waals surface area contributed by atoms with Gasteiger partial charge < -0.3 is 16.0 Å². The van der Waals surface area contributed by atoms with Gasteiger partial charge in [0, 0.05) is 47.1 Å². The second-order valence-corrected chi connectivity index (χ2v) is 13.5. The molecule has 0 saturated carbocycles. The molecule has 41 heavy (non-hydrogen) atoms. The molecule has 4 atom stereocenters. The monoisotopic (exact) mass is 571 g/mol. The third-order valence-corrected chi connectivity index (χ3v) is 10.1. The third kappa shape index (κ3) is 4.47. The standard InChI is InChI=1S/C30H33N7O3S/c1-41(39,40)27-26(20-14-21-10-11-22(15-20)36(21)30(38)25-8-5-13-32-25)35-29-23(17-34-37(29)28(27)31)19-9-12-24(33-16-19)18-6-3-2-4-7-18/h2-4,6-7,9,12,16-17,20-22,25,32H,5,8,10-11,13-15,31H2,1H3/t20-,21-,22+,25-/m0/s1. The number of nitrogens with one attached hydrogen (secondary N) is 1. The summed E-state index contributed by atoms with van der Waals surface area (Å²) in [5.74, 6) is 0.115. The van der Waals surface area contributed by atoms with Gasteiger partial charge in [-0.05, 0) is 51.1 Å². The molecule has 0 radical (unpaired) electrons. The van der Waals surface area contributed by atoms with E-state index in [-0.39, 0.29) is 40.7 Å². The SMILES string of the molecule is CS(=O)(=O)c1c([C@@H]2C[C@H]3CC[C@@H](C2)N3C(=O)[C@@H]2CCCN2)nc2c(-c3ccc(-c4ccccc4)nc3)cnn2c1N. The molecule has 212 valence electrons. The predicted molar refractivity (Wildman–Crippen MR) is 156 cm³/mol. The molecule has 2 bridgehead atoms. The van der Waals surface area contributed by atoms with Crippen molar-refractivity contribution in [3.63, 3.8) is 0 Å². The van der Waals surface area contributed by atoms with Crippen molar-refractivity contribution in [2.75, 3.05) is 18.5 Å². The lowest BCUT2D eigenvalue weighted by Crippen LogP contribution is -2.52. The summed E-state index contributed by atoms with van der Waals surface area (Å²) in [4.78, 5) is 25.1. The molecule has 3 aromatic heterocycles. The maximum atomic E-state index is 13.4. The number of fused-ring (bicyclic) bond motifs is 3. The van der Waals surface area contributed by atoms with E-state index in [1.54, 1.807) is 12.4 Å². The number of carbonyl (C=O) groups is 1. The summed E-state index contributed by atoms with van der Waals surface area (Å²) in [6.07, 6.45) is 9.67. The van der Waals surface area contributed by atoms with Gasteiger partial charge >= 0.3 is 0 Å². The van der Waals surface area contributed by atoms with Crippen molar-refractivity contribution >= 4 is 27.2 Å². The summed E-state index contributed by atoms with van der Waals surface area (Å²) in [5, 5.41) is 7.77. The minimum Gasteiger partial charge on any atom is -0.382 e. The van der Waals surface area contributed by atoms with Gasteiger partial charge in [-0.1, -0.05) is 36.4 Å². The summed E-state index contributed by atoms with van der Waals surface area (Å²) in [7, 11) is -3.71. The van der Waals surface area contributed by atoms with Crippen molar-refractivity contribution in [2.24, 2.45) is 0 Å². The normalized spacial score (nSPS) is 24.3. The molecule has 3 N–H and O–H groups in total. The van der Waals surface area contributed by atoms with Crippen molar-refractivity contribution in [3.8, 4) is 22.4 Å². The Kier molecular flexibility index (Phi) is 6.31. The van der Waals surface area contributed by atoms with E-state index in [4.69, 9.17) is 10.7 Å². The van der Waals surface area contributed by atoms with Gasteiger partial charge in [0.1, 0.15) is 10.7 Å². The molecule has 0 unspecified atom stereocenters. The van der Waals surface area contributed by atoms with Crippen molar-refractivity contribution < 1.29 is 13.2 Å².